The zero-order chi connectivity index (χ0) is 34.3. The van der Waals surface area contributed by atoms with Crippen LogP contribution in [0.5, 0.6) is 0 Å². The molecule has 9 rings (SSSR count). The number of aliphatic imine (C=N–C) groups is 4. The number of nitrogens with zero attached hydrogens (tertiary/aromatic N) is 7. The minimum absolute atomic E-state index is 0.524. The molecule has 5 aliphatic rings. The van der Waals surface area contributed by atoms with E-state index in [2.05, 4.69) is 79.0 Å². The molecular weight excluding hydrogens is 639 g/mol. The van der Waals surface area contributed by atoms with Crippen LogP contribution in [0.1, 0.15) is 61.2 Å². The fourth-order valence-electron chi connectivity index (χ4n) is 7.42. The van der Waals surface area contributed by atoms with Gasteiger partial charge in [0.2, 0.25) is 11.9 Å². The smallest absolute Gasteiger partial charge is 0.239 e. The summed E-state index contributed by atoms with van der Waals surface area (Å²) in [5.41, 5.74) is 8.56. The molecular formula is C40H41N9O2. The average molecular weight is 680 g/mol. The van der Waals surface area contributed by atoms with Crippen molar-refractivity contribution in [3.05, 3.63) is 101 Å². The number of rotatable bonds is 8. The first-order valence-electron chi connectivity index (χ1n) is 18.0. The molecule has 2 aromatic carbocycles. The fourth-order valence-corrected chi connectivity index (χ4v) is 7.42. The molecule has 2 aromatic heterocycles. The van der Waals surface area contributed by atoms with E-state index in [9.17, 15) is 0 Å². The molecule has 0 saturated carbocycles. The van der Waals surface area contributed by atoms with Gasteiger partial charge in [0.1, 0.15) is 17.9 Å². The second-order valence-electron chi connectivity index (χ2n) is 13.6. The maximum absolute atomic E-state index is 5.96. The molecule has 5 aliphatic heterocycles. The van der Waals surface area contributed by atoms with Gasteiger partial charge in [-0.05, 0) is 113 Å². The first-order valence-corrected chi connectivity index (χ1v) is 18.0. The summed E-state index contributed by atoms with van der Waals surface area (Å²) >= 11 is 0. The number of aryl methyl sites for hydroxylation is 2. The van der Waals surface area contributed by atoms with Gasteiger partial charge in [-0.2, -0.15) is 0 Å². The molecule has 0 aliphatic carbocycles. The second kappa shape index (κ2) is 13.1. The number of benzene rings is 2. The topological polar surface area (TPSA) is 110 Å². The number of nitrogens with one attached hydrogen (secondary N) is 2. The van der Waals surface area contributed by atoms with Crippen LogP contribution >= 0.6 is 0 Å². The molecule has 2 saturated heterocycles. The Morgan fingerprint density at radius 1 is 0.608 bits per heavy atom. The normalized spacial score (nSPS) is 18.4. The fraction of sp³-hybridized carbons (Fsp3) is 0.300. The summed E-state index contributed by atoms with van der Waals surface area (Å²) in [6.07, 6.45) is 13.1. The minimum Gasteiger partial charge on any atom is -0.446 e. The van der Waals surface area contributed by atoms with Gasteiger partial charge in [0.15, 0.2) is 11.8 Å². The van der Waals surface area contributed by atoms with E-state index in [1.54, 1.807) is 0 Å². The zero-order valence-corrected chi connectivity index (χ0v) is 29.0. The number of furan rings is 2. The monoisotopic (exact) mass is 679 g/mol. The maximum Gasteiger partial charge on any atom is 0.239 e. The zero-order valence-electron chi connectivity index (χ0n) is 29.0. The predicted molar refractivity (Wildman–Crippen MR) is 206 cm³/mol. The maximum atomic E-state index is 5.96. The standard InChI is InChI=1S/C40H41N9O2/c1-26-9-15-37(50-26)43-33-21-28(47-17-5-3-6-18-47)11-13-31(33)35-23-30-24-36(46-40-42-25-41-39(45-35)49(30)40)32-14-12-29(48-19-7-4-8-20-48)22-34(32)44-38-16-10-27(2)51-38/h9-16,21-25,43-44H,3-8,17-20H2,1-2H3. The van der Waals surface area contributed by atoms with E-state index < -0.39 is 0 Å². The van der Waals surface area contributed by atoms with Crippen molar-refractivity contribution in [3.8, 4) is 0 Å². The Balaban J connectivity index is 1.12. The lowest BCUT2D eigenvalue weighted by molar-refractivity contribution is 0.550. The molecule has 258 valence electrons. The van der Waals surface area contributed by atoms with Crippen molar-refractivity contribution in [2.24, 2.45) is 20.0 Å². The number of guanidine groups is 2. The summed E-state index contributed by atoms with van der Waals surface area (Å²) in [5, 5.41) is 7.11. The Kier molecular flexibility index (Phi) is 8.02. The molecule has 0 bridgehead atoms. The average Bonchev–Trinajstić information content (AvgIpc) is 3.78. The Morgan fingerprint density at radius 2 is 1.20 bits per heavy atom. The van der Waals surface area contributed by atoms with Crippen LogP contribution in [-0.2, 0) is 0 Å². The molecule has 0 unspecified atom stereocenters. The Labute approximate surface area is 297 Å². The van der Waals surface area contributed by atoms with E-state index in [-0.39, 0.29) is 0 Å². The van der Waals surface area contributed by atoms with Crippen molar-refractivity contribution in [2.45, 2.75) is 52.4 Å². The third-order valence-corrected chi connectivity index (χ3v) is 10.0. The third kappa shape index (κ3) is 6.24. The van der Waals surface area contributed by atoms with Crippen molar-refractivity contribution < 1.29 is 8.83 Å². The van der Waals surface area contributed by atoms with Crippen molar-refractivity contribution in [3.63, 3.8) is 0 Å². The van der Waals surface area contributed by atoms with E-state index in [0.29, 0.717) is 23.7 Å². The largest absolute Gasteiger partial charge is 0.446 e. The van der Waals surface area contributed by atoms with Gasteiger partial charge in [-0.15, -0.1) is 0 Å². The van der Waals surface area contributed by atoms with Gasteiger partial charge in [-0.25, -0.2) is 24.9 Å². The van der Waals surface area contributed by atoms with E-state index >= 15 is 0 Å². The number of piperidine rings is 2. The van der Waals surface area contributed by atoms with E-state index in [4.69, 9.17) is 18.8 Å². The molecule has 2 N–H and O–H groups in total. The van der Waals surface area contributed by atoms with Gasteiger partial charge in [0.25, 0.3) is 0 Å². The summed E-state index contributed by atoms with van der Waals surface area (Å²) in [4.78, 5) is 26.1. The van der Waals surface area contributed by atoms with Crippen LogP contribution < -0.4 is 20.4 Å². The predicted octanol–water partition coefficient (Wildman–Crippen LogP) is 8.75. The number of anilines is 6. The van der Waals surface area contributed by atoms with Gasteiger partial charge in [-0.1, -0.05) is 0 Å². The van der Waals surface area contributed by atoms with Gasteiger partial charge < -0.3 is 29.3 Å². The lowest BCUT2D eigenvalue weighted by atomic mass is 10.0. The van der Waals surface area contributed by atoms with Gasteiger partial charge >= 0.3 is 0 Å². The Hall–Kier alpha value is -5.84. The van der Waals surface area contributed by atoms with Crippen LogP contribution in [0, 0.1) is 13.8 Å². The summed E-state index contributed by atoms with van der Waals surface area (Å²) in [6.45, 7) is 8.12. The van der Waals surface area contributed by atoms with Crippen LogP contribution in [0.15, 0.2) is 107 Å². The summed E-state index contributed by atoms with van der Waals surface area (Å²) < 4.78 is 11.9. The van der Waals surface area contributed by atoms with Crippen LogP contribution in [0.25, 0.3) is 5.70 Å². The molecule has 7 heterocycles. The van der Waals surface area contributed by atoms with Crippen LogP contribution in [0.4, 0.5) is 34.5 Å². The number of hydrogen-bond acceptors (Lipinski definition) is 11. The molecule has 4 aromatic rings. The van der Waals surface area contributed by atoms with E-state index in [1.807, 2.05) is 43.0 Å². The van der Waals surface area contributed by atoms with Crippen molar-refractivity contribution in [1.29, 1.82) is 0 Å². The third-order valence-electron chi connectivity index (χ3n) is 10.0. The highest BCUT2D eigenvalue weighted by Crippen LogP contribution is 2.38. The molecule has 2 fully saturated rings. The van der Waals surface area contributed by atoms with Crippen LogP contribution in [0.3, 0.4) is 0 Å². The number of allylic oxidation sites excluding steroid dienone is 2. The molecule has 0 spiro atoms. The first kappa shape index (κ1) is 31.2. The summed E-state index contributed by atoms with van der Waals surface area (Å²) in [7, 11) is 0. The molecule has 11 heteroatoms. The van der Waals surface area contributed by atoms with Gasteiger partial charge in [0, 0.05) is 60.8 Å². The van der Waals surface area contributed by atoms with Crippen molar-refractivity contribution in [1.82, 2.24) is 4.90 Å². The van der Waals surface area contributed by atoms with Crippen LogP contribution in [0.2, 0.25) is 0 Å². The van der Waals surface area contributed by atoms with Crippen molar-refractivity contribution in [2.75, 3.05) is 46.6 Å². The number of hydrogen-bond donors (Lipinski definition) is 2. The SMILES string of the molecule is Cc1ccc(Nc2cc(N3CCCCC3)ccc2C2=CC3=CC(c4ccc(N5CCCCC5)cc4Nc4ccc(C)o4)=NC4=NC=NC(=N2)N34)o1. The van der Waals surface area contributed by atoms with E-state index in [0.717, 1.165) is 77.3 Å². The van der Waals surface area contributed by atoms with E-state index in [1.165, 1.54) is 56.2 Å². The first-order chi connectivity index (χ1) is 25.0. The second-order valence-corrected chi connectivity index (χ2v) is 13.6. The lowest BCUT2D eigenvalue weighted by Gasteiger charge is -2.33. The highest BCUT2D eigenvalue weighted by atomic mass is 16.4. The molecule has 0 radical (unpaired) electrons. The molecule has 0 amide bonds. The van der Waals surface area contributed by atoms with Crippen molar-refractivity contribution >= 4 is 64.2 Å². The lowest BCUT2D eigenvalue weighted by Crippen LogP contribution is -2.40. The Morgan fingerprint density at radius 3 is 1.78 bits per heavy atom. The molecule has 51 heavy (non-hydrogen) atoms. The highest BCUT2D eigenvalue weighted by molar-refractivity contribution is 6.24. The highest BCUT2D eigenvalue weighted by Gasteiger charge is 2.32. The van der Waals surface area contributed by atoms with Crippen LogP contribution in [-0.4, -0.2) is 55.0 Å². The Bertz CT molecular complexity index is 2060. The molecule has 11 nitrogen and oxygen atoms in total. The molecule has 0 atom stereocenters. The summed E-state index contributed by atoms with van der Waals surface area (Å²) in [6, 6.07) is 21.0. The van der Waals surface area contributed by atoms with Gasteiger partial charge in [0.05, 0.1) is 28.5 Å². The quantitative estimate of drug-likeness (QED) is 0.192. The van der Waals surface area contributed by atoms with Gasteiger partial charge in [-0.3, -0.25) is 0 Å². The summed E-state index contributed by atoms with van der Waals surface area (Å²) in [5.74, 6) is 4.12. The minimum atomic E-state index is 0.524.